The van der Waals surface area contributed by atoms with E-state index >= 15 is 0 Å². The first-order valence-corrected chi connectivity index (χ1v) is 4.81. The fraction of sp³-hybridized carbons (Fsp3) is 0.889. The van der Waals surface area contributed by atoms with E-state index in [-0.39, 0.29) is 0 Å². The monoisotopic (exact) mass is 287 g/mol. The molecular formula is C9H11F8O. The van der Waals surface area contributed by atoms with Crippen molar-refractivity contribution in [2.45, 2.75) is 43.6 Å². The first-order chi connectivity index (χ1) is 7.89. The lowest BCUT2D eigenvalue weighted by atomic mass is 10.1. The number of hydrogen-bond donors (Lipinski definition) is 0. The van der Waals surface area contributed by atoms with E-state index in [4.69, 9.17) is 0 Å². The van der Waals surface area contributed by atoms with Crippen LogP contribution in [0.1, 0.15) is 19.3 Å². The summed E-state index contributed by atoms with van der Waals surface area (Å²) >= 11 is 0. The summed E-state index contributed by atoms with van der Waals surface area (Å²) < 4.78 is 101. The lowest BCUT2D eigenvalue weighted by Crippen LogP contribution is -2.37. The van der Waals surface area contributed by atoms with Crippen LogP contribution in [-0.2, 0) is 4.74 Å². The molecule has 0 aliphatic rings. The Bertz CT molecular complexity index is 244. The van der Waals surface area contributed by atoms with Gasteiger partial charge in [0.2, 0.25) is 0 Å². The Morgan fingerprint density at radius 1 is 0.944 bits per heavy atom. The summed E-state index contributed by atoms with van der Waals surface area (Å²) in [6, 6.07) is 0. The van der Waals surface area contributed by atoms with E-state index in [0.717, 1.165) is 0 Å². The first-order valence-electron chi connectivity index (χ1n) is 4.81. The van der Waals surface area contributed by atoms with Gasteiger partial charge in [-0.2, -0.15) is 35.1 Å². The third kappa shape index (κ3) is 6.36. The van der Waals surface area contributed by atoms with E-state index in [1.165, 1.54) is 0 Å². The van der Waals surface area contributed by atoms with E-state index in [1.807, 2.05) is 0 Å². The zero-order valence-corrected chi connectivity index (χ0v) is 9.04. The van der Waals surface area contributed by atoms with Crippen molar-refractivity contribution in [1.29, 1.82) is 0 Å². The van der Waals surface area contributed by atoms with Crippen LogP contribution < -0.4 is 0 Å². The minimum Gasteiger partial charge on any atom is -0.378 e. The van der Waals surface area contributed by atoms with Gasteiger partial charge in [-0.15, -0.1) is 0 Å². The molecular weight excluding hydrogens is 276 g/mol. The highest BCUT2D eigenvalue weighted by Crippen LogP contribution is 2.40. The van der Waals surface area contributed by atoms with Gasteiger partial charge in [-0.3, -0.25) is 0 Å². The number of halogens is 8. The topological polar surface area (TPSA) is 9.23 Å². The molecule has 0 bridgehead atoms. The van der Waals surface area contributed by atoms with Gasteiger partial charge in [-0.25, -0.2) is 0 Å². The average molecular weight is 287 g/mol. The molecule has 1 atom stereocenters. The maximum Gasteiger partial charge on any atom is 0.453 e. The molecule has 1 radical (unpaired) electrons. The van der Waals surface area contributed by atoms with Gasteiger partial charge >= 0.3 is 18.3 Å². The molecule has 109 valence electrons. The standard InChI is InChI=1S/C9H11F8O/c1-2-18-6(5-8(12,13)14)3-4-7(10,11)9(15,16)17/h6H,1-5H2. The molecule has 1 nitrogen and oxygen atoms in total. The summed E-state index contributed by atoms with van der Waals surface area (Å²) in [6.07, 6.45) is -16.6. The molecule has 0 saturated heterocycles. The normalized spacial score (nSPS) is 15.8. The van der Waals surface area contributed by atoms with Crippen molar-refractivity contribution in [2.75, 3.05) is 6.61 Å². The smallest absolute Gasteiger partial charge is 0.378 e. The quantitative estimate of drug-likeness (QED) is 0.667. The second-order valence-electron chi connectivity index (χ2n) is 3.55. The number of ether oxygens (including phenoxy) is 1. The molecule has 0 spiro atoms. The molecule has 0 rings (SSSR count). The van der Waals surface area contributed by atoms with E-state index in [1.54, 1.807) is 0 Å². The Morgan fingerprint density at radius 2 is 1.44 bits per heavy atom. The summed E-state index contributed by atoms with van der Waals surface area (Å²) in [5.41, 5.74) is 0. The van der Waals surface area contributed by atoms with E-state index in [0.29, 0.717) is 0 Å². The number of hydrogen-bond acceptors (Lipinski definition) is 1. The molecule has 0 aliphatic heterocycles. The zero-order valence-electron chi connectivity index (χ0n) is 9.04. The van der Waals surface area contributed by atoms with Crippen molar-refractivity contribution >= 4 is 0 Å². The second-order valence-corrected chi connectivity index (χ2v) is 3.55. The van der Waals surface area contributed by atoms with E-state index in [9.17, 15) is 35.1 Å². The van der Waals surface area contributed by atoms with Crippen molar-refractivity contribution in [3.8, 4) is 0 Å². The number of alkyl halides is 8. The maximum absolute atomic E-state index is 12.5. The van der Waals surface area contributed by atoms with Crippen molar-refractivity contribution in [2.24, 2.45) is 0 Å². The molecule has 18 heavy (non-hydrogen) atoms. The summed E-state index contributed by atoms with van der Waals surface area (Å²) in [6.45, 7) is 2.60. The fourth-order valence-corrected chi connectivity index (χ4v) is 1.15. The second kappa shape index (κ2) is 6.03. The Morgan fingerprint density at radius 3 is 1.78 bits per heavy atom. The maximum atomic E-state index is 12.5. The van der Waals surface area contributed by atoms with Crippen molar-refractivity contribution in [3.63, 3.8) is 0 Å². The minimum absolute atomic E-state index is 0.446. The Hall–Kier alpha value is -0.600. The van der Waals surface area contributed by atoms with Crippen molar-refractivity contribution < 1.29 is 39.9 Å². The van der Waals surface area contributed by atoms with Gasteiger partial charge in [0.1, 0.15) is 0 Å². The molecule has 0 N–H and O–H groups in total. The lowest BCUT2D eigenvalue weighted by Gasteiger charge is -2.23. The predicted molar refractivity (Wildman–Crippen MR) is 46.0 cm³/mol. The SMILES string of the molecule is [CH2]COC(CCC(F)(F)C(F)(F)F)CC(F)(F)F. The van der Waals surface area contributed by atoms with Crippen LogP contribution in [-0.4, -0.2) is 31.0 Å². The number of rotatable bonds is 6. The van der Waals surface area contributed by atoms with Gasteiger partial charge in [0.15, 0.2) is 0 Å². The van der Waals surface area contributed by atoms with Crippen LogP contribution in [0.3, 0.4) is 0 Å². The summed E-state index contributed by atoms with van der Waals surface area (Å²) in [5, 5.41) is 0. The molecule has 0 aromatic heterocycles. The van der Waals surface area contributed by atoms with Crippen LogP contribution in [0.4, 0.5) is 35.1 Å². The Balaban J connectivity index is 4.44. The molecule has 0 heterocycles. The van der Waals surface area contributed by atoms with Gasteiger partial charge in [0.25, 0.3) is 0 Å². The van der Waals surface area contributed by atoms with Gasteiger partial charge in [-0.1, -0.05) is 0 Å². The Labute approximate surface area is 98.1 Å². The summed E-state index contributed by atoms with van der Waals surface area (Å²) in [4.78, 5) is 0. The third-order valence-corrected chi connectivity index (χ3v) is 2.01. The predicted octanol–water partition coefficient (Wildman–Crippen LogP) is 4.14. The van der Waals surface area contributed by atoms with E-state index in [2.05, 4.69) is 11.7 Å². The van der Waals surface area contributed by atoms with Crippen LogP contribution in [0.5, 0.6) is 0 Å². The highest BCUT2D eigenvalue weighted by Gasteiger charge is 2.57. The molecule has 1 unspecified atom stereocenters. The van der Waals surface area contributed by atoms with Gasteiger partial charge in [0, 0.05) is 13.0 Å². The summed E-state index contributed by atoms with van der Waals surface area (Å²) in [7, 11) is 0. The molecule has 0 aromatic carbocycles. The minimum atomic E-state index is -5.78. The van der Waals surface area contributed by atoms with Gasteiger partial charge < -0.3 is 4.74 Å². The van der Waals surface area contributed by atoms with Crippen LogP contribution in [0.25, 0.3) is 0 Å². The van der Waals surface area contributed by atoms with E-state index < -0.39 is 50.2 Å². The molecule has 9 heteroatoms. The first kappa shape index (κ1) is 17.4. The lowest BCUT2D eigenvalue weighted by molar-refractivity contribution is -0.286. The third-order valence-electron chi connectivity index (χ3n) is 2.01. The highest BCUT2D eigenvalue weighted by molar-refractivity contribution is 4.78. The molecule has 0 fully saturated rings. The van der Waals surface area contributed by atoms with Crippen LogP contribution in [0, 0.1) is 6.92 Å². The summed E-state index contributed by atoms with van der Waals surface area (Å²) in [5.74, 6) is -5.03. The molecule has 0 saturated carbocycles. The van der Waals surface area contributed by atoms with Crippen molar-refractivity contribution in [3.05, 3.63) is 6.92 Å². The fourth-order valence-electron chi connectivity index (χ4n) is 1.15. The van der Waals surface area contributed by atoms with Crippen LogP contribution in [0.15, 0.2) is 0 Å². The van der Waals surface area contributed by atoms with Crippen LogP contribution in [0.2, 0.25) is 0 Å². The van der Waals surface area contributed by atoms with Gasteiger partial charge in [-0.05, 0) is 13.3 Å². The molecule has 0 aromatic rings. The Kier molecular flexibility index (Phi) is 5.83. The molecule has 0 aliphatic carbocycles. The molecule has 0 amide bonds. The van der Waals surface area contributed by atoms with Crippen LogP contribution >= 0.6 is 0 Å². The van der Waals surface area contributed by atoms with Crippen molar-refractivity contribution in [1.82, 2.24) is 0 Å². The largest absolute Gasteiger partial charge is 0.453 e. The highest BCUT2D eigenvalue weighted by atomic mass is 19.4. The zero-order chi connectivity index (χ0) is 14.6. The average Bonchev–Trinajstić information content (AvgIpc) is 2.10. The van der Waals surface area contributed by atoms with Gasteiger partial charge in [0.05, 0.1) is 12.5 Å².